The van der Waals surface area contributed by atoms with Crippen LogP contribution in [0.5, 0.6) is 11.5 Å². The van der Waals surface area contributed by atoms with Crippen LogP contribution in [0.25, 0.3) is 0 Å². The van der Waals surface area contributed by atoms with E-state index in [0.717, 1.165) is 24.4 Å². The van der Waals surface area contributed by atoms with Crippen LogP contribution in [0.2, 0.25) is 0 Å². The molecule has 2 aromatic rings. The number of carbonyl (C=O) groups is 1. The Hall–Kier alpha value is -2.73. The lowest BCUT2D eigenvalue weighted by molar-refractivity contribution is 0.227. The molecule has 6 nitrogen and oxygen atoms in total. The molecule has 0 saturated carbocycles. The fourth-order valence-corrected chi connectivity index (χ4v) is 3.46. The molecule has 0 radical (unpaired) electrons. The monoisotopic (exact) mass is 369 g/mol. The molecule has 2 amide bonds. The fraction of sp³-hybridized carbons (Fsp3) is 0.381. The molecule has 144 valence electrons. The SMILES string of the molecule is COc1cccc([C@H](CNC(=O)Nc2ccccc2OC)N2CCCC2)c1. The maximum absolute atomic E-state index is 12.4. The minimum Gasteiger partial charge on any atom is -0.497 e. The predicted octanol–water partition coefficient (Wildman–Crippen LogP) is 3.66. The fourth-order valence-electron chi connectivity index (χ4n) is 3.46. The van der Waals surface area contributed by atoms with Gasteiger partial charge in [0.25, 0.3) is 0 Å². The Morgan fingerprint density at radius 1 is 1.07 bits per heavy atom. The van der Waals surface area contributed by atoms with Gasteiger partial charge in [0, 0.05) is 6.54 Å². The van der Waals surface area contributed by atoms with Gasteiger partial charge in [0.15, 0.2) is 0 Å². The molecule has 0 aromatic heterocycles. The molecule has 1 heterocycles. The Bertz CT molecular complexity index is 760. The lowest BCUT2D eigenvalue weighted by Gasteiger charge is -2.28. The van der Waals surface area contributed by atoms with Gasteiger partial charge in [-0.05, 0) is 55.8 Å². The largest absolute Gasteiger partial charge is 0.497 e. The summed E-state index contributed by atoms with van der Waals surface area (Å²) in [6, 6.07) is 15.3. The lowest BCUT2D eigenvalue weighted by Crippen LogP contribution is -2.38. The van der Waals surface area contributed by atoms with Crippen molar-refractivity contribution in [3.63, 3.8) is 0 Å². The zero-order valence-corrected chi connectivity index (χ0v) is 15.9. The number of benzene rings is 2. The normalized spacial score (nSPS) is 15.2. The number of methoxy groups -OCH3 is 2. The molecule has 1 aliphatic rings. The van der Waals surface area contributed by atoms with Crippen LogP contribution in [0.3, 0.4) is 0 Å². The van der Waals surface area contributed by atoms with Gasteiger partial charge in [-0.1, -0.05) is 24.3 Å². The Labute approximate surface area is 160 Å². The lowest BCUT2D eigenvalue weighted by atomic mass is 10.1. The third-order valence-corrected chi connectivity index (χ3v) is 4.87. The summed E-state index contributed by atoms with van der Waals surface area (Å²) in [7, 11) is 3.26. The molecule has 2 N–H and O–H groups in total. The van der Waals surface area contributed by atoms with Gasteiger partial charge in [-0.25, -0.2) is 4.79 Å². The number of hydrogen-bond donors (Lipinski definition) is 2. The molecule has 6 heteroatoms. The standard InChI is InChI=1S/C21H27N3O3/c1-26-17-9-7-8-16(14-17)19(24-12-5-6-13-24)15-22-21(25)23-18-10-3-4-11-20(18)27-2/h3-4,7-11,14,19H,5-6,12-13,15H2,1-2H3,(H2,22,23,25)/t19-/m0/s1. The number of urea groups is 1. The molecule has 0 aliphatic carbocycles. The van der Waals surface area contributed by atoms with Gasteiger partial charge in [0.1, 0.15) is 11.5 Å². The quantitative estimate of drug-likeness (QED) is 0.782. The molecule has 3 rings (SSSR count). The van der Waals surface area contributed by atoms with Crippen molar-refractivity contribution in [1.29, 1.82) is 0 Å². The Morgan fingerprint density at radius 3 is 2.59 bits per heavy atom. The number of amides is 2. The summed E-state index contributed by atoms with van der Waals surface area (Å²) in [5, 5.41) is 5.87. The minimum atomic E-state index is -0.244. The minimum absolute atomic E-state index is 0.117. The van der Waals surface area contributed by atoms with E-state index >= 15 is 0 Å². The molecule has 27 heavy (non-hydrogen) atoms. The van der Waals surface area contributed by atoms with E-state index < -0.39 is 0 Å². The number of nitrogens with zero attached hydrogens (tertiary/aromatic N) is 1. The van der Waals surface area contributed by atoms with Crippen LogP contribution >= 0.6 is 0 Å². The maximum Gasteiger partial charge on any atom is 0.319 e. The number of hydrogen-bond acceptors (Lipinski definition) is 4. The summed E-state index contributed by atoms with van der Waals surface area (Å²) < 4.78 is 10.6. The summed E-state index contributed by atoms with van der Waals surface area (Å²) >= 11 is 0. The van der Waals surface area contributed by atoms with E-state index in [4.69, 9.17) is 9.47 Å². The Balaban J connectivity index is 1.68. The van der Waals surface area contributed by atoms with E-state index in [1.165, 1.54) is 12.8 Å². The van der Waals surface area contributed by atoms with Gasteiger partial charge in [-0.2, -0.15) is 0 Å². The van der Waals surface area contributed by atoms with Gasteiger partial charge in [-0.3, -0.25) is 4.90 Å². The van der Waals surface area contributed by atoms with Crippen LogP contribution in [0, 0.1) is 0 Å². The number of para-hydroxylation sites is 2. The average Bonchev–Trinajstić information content (AvgIpc) is 3.23. The van der Waals surface area contributed by atoms with E-state index in [1.54, 1.807) is 14.2 Å². The Morgan fingerprint density at radius 2 is 1.85 bits per heavy atom. The van der Waals surface area contributed by atoms with E-state index in [-0.39, 0.29) is 12.1 Å². The number of likely N-dealkylation sites (tertiary alicyclic amines) is 1. The van der Waals surface area contributed by atoms with Crippen LogP contribution in [0.15, 0.2) is 48.5 Å². The van der Waals surface area contributed by atoms with Crippen LogP contribution in [0.1, 0.15) is 24.4 Å². The average molecular weight is 369 g/mol. The van der Waals surface area contributed by atoms with Crippen LogP contribution in [0.4, 0.5) is 10.5 Å². The van der Waals surface area contributed by atoms with Crippen molar-refractivity contribution in [1.82, 2.24) is 10.2 Å². The molecule has 1 atom stereocenters. The second kappa shape index (κ2) is 9.28. The van der Waals surface area contributed by atoms with Crippen molar-refractivity contribution in [3.8, 4) is 11.5 Å². The maximum atomic E-state index is 12.4. The topological polar surface area (TPSA) is 62.8 Å². The molecule has 2 aromatic carbocycles. The number of ether oxygens (including phenoxy) is 2. The van der Waals surface area contributed by atoms with Crippen molar-refractivity contribution in [3.05, 3.63) is 54.1 Å². The van der Waals surface area contributed by atoms with E-state index in [0.29, 0.717) is 18.0 Å². The first-order valence-corrected chi connectivity index (χ1v) is 9.27. The third-order valence-electron chi connectivity index (χ3n) is 4.87. The number of rotatable bonds is 7. The number of anilines is 1. The molecule has 1 saturated heterocycles. The highest BCUT2D eigenvalue weighted by atomic mass is 16.5. The highest BCUT2D eigenvalue weighted by molar-refractivity contribution is 5.90. The van der Waals surface area contributed by atoms with Crippen molar-refractivity contribution >= 4 is 11.7 Å². The summed E-state index contributed by atoms with van der Waals surface area (Å²) in [6.45, 7) is 2.60. The molecular weight excluding hydrogens is 342 g/mol. The van der Waals surface area contributed by atoms with Gasteiger partial charge in [-0.15, -0.1) is 0 Å². The van der Waals surface area contributed by atoms with Gasteiger partial charge < -0.3 is 20.1 Å². The third kappa shape index (κ3) is 4.92. The molecule has 0 spiro atoms. The van der Waals surface area contributed by atoms with Gasteiger partial charge >= 0.3 is 6.03 Å². The highest BCUT2D eigenvalue weighted by Gasteiger charge is 2.24. The summed E-state index contributed by atoms with van der Waals surface area (Å²) in [6.07, 6.45) is 2.38. The first-order valence-electron chi connectivity index (χ1n) is 9.27. The zero-order valence-electron chi connectivity index (χ0n) is 15.9. The molecule has 1 fully saturated rings. The first kappa shape index (κ1) is 19.0. The Kier molecular flexibility index (Phi) is 6.54. The van der Waals surface area contributed by atoms with Crippen molar-refractivity contribution in [2.45, 2.75) is 18.9 Å². The molecule has 0 unspecified atom stereocenters. The van der Waals surface area contributed by atoms with Crippen LogP contribution in [-0.4, -0.2) is 44.8 Å². The van der Waals surface area contributed by atoms with Crippen molar-refractivity contribution in [2.75, 3.05) is 39.2 Å². The zero-order chi connectivity index (χ0) is 19.1. The van der Waals surface area contributed by atoms with E-state index in [9.17, 15) is 4.79 Å². The van der Waals surface area contributed by atoms with Crippen molar-refractivity contribution < 1.29 is 14.3 Å². The predicted molar refractivity (Wildman–Crippen MR) is 107 cm³/mol. The first-order chi connectivity index (χ1) is 13.2. The molecule has 0 bridgehead atoms. The smallest absolute Gasteiger partial charge is 0.319 e. The second-order valence-electron chi connectivity index (χ2n) is 6.57. The van der Waals surface area contributed by atoms with E-state index in [1.807, 2.05) is 42.5 Å². The van der Waals surface area contributed by atoms with Crippen molar-refractivity contribution in [2.24, 2.45) is 0 Å². The summed E-state index contributed by atoms with van der Waals surface area (Å²) in [4.78, 5) is 14.8. The van der Waals surface area contributed by atoms with Gasteiger partial charge in [0.05, 0.1) is 25.9 Å². The summed E-state index contributed by atoms with van der Waals surface area (Å²) in [5.41, 5.74) is 1.80. The number of carbonyl (C=O) groups excluding carboxylic acids is 1. The summed E-state index contributed by atoms with van der Waals surface area (Å²) in [5.74, 6) is 1.46. The number of nitrogens with one attached hydrogen (secondary N) is 2. The van der Waals surface area contributed by atoms with Crippen LogP contribution in [-0.2, 0) is 0 Å². The van der Waals surface area contributed by atoms with E-state index in [2.05, 4.69) is 21.6 Å². The molecular formula is C21H27N3O3. The molecule has 1 aliphatic heterocycles. The second-order valence-corrected chi connectivity index (χ2v) is 6.57. The van der Waals surface area contributed by atoms with Gasteiger partial charge in [0.2, 0.25) is 0 Å². The van der Waals surface area contributed by atoms with Crippen LogP contribution < -0.4 is 20.1 Å². The highest BCUT2D eigenvalue weighted by Crippen LogP contribution is 2.27.